The van der Waals surface area contributed by atoms with Crippen LogP contribution in [0.2, 0.25) is 0 Å². The lowest BCUT2D eigenvalue weighted by Crippen LogP contribution is -2.47. The summed E-state index contributed by atoms with van der Waals surface area (Å²) in [5.74, 6) is -0.533. The average molecular weight is 1220 g/mol. The number of likely N-dealkylation sites (N-methyl/N-ethyl adjacent to an activating group) is 1. The van der Waals surface area contributed by atoms with Crippen molar-refractivity contribution in [1.29, 1.82) is 0 Å². The van der Waals surface area contributed by atoms with Gasteiger partial charge < -0.3 is 28.5 Å². The van der Waals surface area contributed by atoms with E-state index in [-0.39, 0.29) is 31.5 Å². The zero-order valence-electron chi connectivity index (χ0n) is 57.3. The second-order valence-electron chi connectivity index (χ2n) is 26.5. The first-order chi connectivity index (χ1) is 41.4. The van der Waals surface area contributed by atoms with E-state index in [1.807, 2.05) is 33.3 Å². The van der Waals surface area contributed by atoms with E-state index in [0.29, 0.717) is 17.4 Å². The monoisotopic (exact) mass is 1220 g/mol. The second kappa shape index (κ2) is 64.9. The molecule has 0 spiro atoms. The van der Waals surface area contributed by atoms with Gasteiger partial charge in [-0.15, -0.1) is 0 Å². The fourth-order valence-corrected chi connectivity index (χ4v) is 11.8. The molecule has 0 rings (SSSR count). The topological polar surface area (TPSA) is 114 Å². The molecule has 9 nitrogen and oxygen atoms in total. The van der Waals surface area contributed by atoms with Gasteiger partial charge in [-0.05, 0) is 70.3 Å². The highest BCUT2D eigenvalue weighted by molar-refractivity contribution is 7.45. The van der Waals surface area contributed by atoms with Gasteiger partial charge >= 0.3 is 5.97 Å². The quantitative estimate of drug-likeness (QED) is 0.0212. The first-order valence-corrected chi connectivity index (χ1v) is 38.4. The summed E-state index contributed by atoms with van der Waals surface area (Å²) in [6, 6.07) is -0.890. The molecule has 3 unspecified atom stereocenters. The molecule has 500 valence electrons. The third-order valence-electron chi connectivity index (χ3n) is 16.8. The number of carbonyl (C=O) groups is 2. The summed E-state index contributed by atoms with van der Waals surface area (Å²) in [5.41, 5.74) is 0. The van der Waals surface area contributed by atoms with Crippen LogP contribution < -0.4 is 10.2 Å². The molecule has 1 N–H and O–H groups in total. The fraction of sp³-hybridized carbons (Fsp3) is 0.867. The number of nitrogens with zero attached hydrogens (tertiary/aromatic N) is 1. The molecule has 0 saturated heterocycles. The highest BCUT2D eigenvalue weighted by atomic mass is 31.2. The number of hydrogen-bond donors (Lipinski definition) is 1. The Hall–Kier alpha value is -2.03. The Balaban J connectivity index is 4.94. The summed E-state index contributed by atoms with van der Waals surface area (Å²) in [4.78, 5) is 40.2. The number of hydrogen-bond acceptors (Lipinski definition) is 7. The van der Waals surface area contributed by atoms with Crippen molar-refractivity contribution in [2.24, 2.45) is 0 Å². The molecule has 1 amide bonds. The molecule has 85 heavy (non-hydrogen) atoms. The van der Waals surface area contributed by atoms with Crippen molar-refractivity contribution < 1.29 is 37.3 Å². The van der Waals surface area contributed by atoms with Crippen molar-refractivity contribution in [3.8, 4) is 0 Å². The zero-order valence-corrected chi connectivity index (χ0v) is 58.2. The van der Waals surface area contributed by atoms with Crippen LogP contribution in [0.25, 0.3) is 0 Å². The van der Waals surface area contributed by atoms with Gasteiger partial charge in [0, 0.05) is 12.8 Å². The van der Waals surface area contributed by atoms with Crippen molar-refractivity contribution in [3.05, 3.63) is 48.6 Å². The zero-order chi connectivity index (χ0) is 62.1. The first kappa shape index (κ1) is 83.0. The smallest absolute Gasteiger partial charge is 0.306 e. The molecule has 10 heteroatoms. The maximum atomic E-state index is 13.6. The summed E-state index contributed by atoms with van der Waals surface area (Å²) < 4.78 is 30.4. The first-order valence-electron chi connectivity index (χ1n) is 36.9. The number of amides is 1. The number of unbranched alkanes of at least 4 members (excludes halogenated alkanes) is 46. The third-order valence-corrected chi connectivity index (χ3v) is 17.7. The van der Waals surface area contributed by atoms with E-state index < -0.39 is 20.0 Å². The molecule has 0 aromatic heterocycles. The van der Waals surface area contributed by atoms with E-state index in [1.54, 1.807) is 0 Å². The van der Waals surface area contributed by atoms with Gasteiger partial charge in [-0.1, -0.05) is 333 Å². The van der Waals surface area contributed by atoms with Crippen molar-refractivity contribution in [1.82, 2.24) is 5.32 Å². The van der Waals surface area contributed by atoms with Crippen LogP contribution in [0.4, 0.5) is 0 Å². The predicted octanol–water partition coefficient (Wildman–Crippen LogP) is 22.9. The van der Waals surface area contributed by atoms with Gasteiger partial charge in [-0.25, -0.2) is 0 Å². The van der Waals surface area contributed by atoms with E-state index in [4.69, 9.17) is 13.8 Å². The van der Waals surface area contributed by atoms with E-state index in [1.165, 1.54) is 250 Å². The molecule has 0 aromatic carbocycles. The minimum absolute atomic E-state index is 0.0220. The minimum atomic E-state index is -4.70. The number of phosphoric ester groups is 1. The number of esters is 1. The normalized spacial score (nSPS) is 13.7. The Labute approximate surface area is 529 Å². The Kier molecular flexibility index (Phi) is 63.4. The van der Waals surface area contributed by atoms with Crippen molar-refractivity contribution in [2.45, 2.75) is 380 Å². The predicted molar refractivity (Wildman–Crippen MR) is 367 cm³/mol. The lowest BCUT2D eigenvalue weighted by atomic mass is 10.0. The van der Waals surface area contributed by atoms with Gasteiger partial charge in [0.1, 0.15) is 19.3 Å². The number of carbonyl (C=O) groups excluding carboxylic acids is 2. The molecule has 0 bridgehead atoms. The largest absolute Gasteiger partial charge is 0.756 e. The summed E-state index contributed by atoms with van der Waals surface area (Å²) in [6.45, 7) is 6.86. The molecule has 3 atom stereocenters. The Morgan fingerprint density at radius 1 is 0.412 bits per heavy atom. The van der Waals surface area contributed by atoms with Crippen LogP contribution in [-0.2, 0) is 27.9 Å². The molecule has 0 saturated carbocycles. The number of phosphoric acid groups is 1. The van der Waals surface area contributed by atoms with Crippen LogP contribution in [0.5, 0.6) is 0 Å². The highest BCUT2D eigenvalue weighted by Gasteiger charge is 2.27. The fourth-order valence-electron chi connectivity index (χ4n) is 11.1. The number of allylic oxidation sites excluding steroid dienone is 7. The molecule has 0 radical (unpaired) electrons. The van der Waals surface area contributed by atoms with Gasteiger partial charge in [0.25, 0.3) is 7.82 Å². The van der Waals surface area contributed by atoms with Crippen LogP contribution in [0, 0.1) is 0 Å². The molecule has 0 aliphatic carbocycles. The standard InChI is InChI=1S/C75H143N2O7P/c1-7-10-13-16-19-22-25-27-29-31-33-35-36-37-38-39-40-42-43-45-47-49-52-55-58-61-64-67-74(78)76-72(71-83-85(80,81)82-70-69-77(4,5)6)73(66-63-60-57-54-51-24-21-18-15-12-9-3)84-75(79)68-65-62-59-56-53-50-48-46-44-41-34-32-30-28-26-23-20-17-14-11-8-2/h20,23,28,30,34,41,63,66,72-73H,7-19,21-22,24-27,29,31-33,35-40,42-62,64-65,67-71H2,1-6H3,(H-,76,78,80,81)/b23-20-,30-28-,41-34-,66-63+. The van der Waals surface area contributed by atoms with E-state index >= 15 is 0 Å². The van der Waals surface area contributed by atoms with Crippen LogP contribution >= 0.6 is 7.82 Å². The maximum absolute atomic E-state index is 13.6. The van der Waals surface area contributed by atoms with Gasteiger partial charge in [-0.2, -0.15) is 0 Å². The van der Waals surface area contributed by atoms with Crippen LogP contribution in [0.1, 0.15) is 367 Å². The summed E-state index contributed by atoms with van der Waals surface area (Å²) in [6.07, 6.45) is 82.5. The second-order valence-corrected chi connectivity index (χ2v) is 27.9. The summed E-state index contributed by atoms with van der Waals surface area (Å²) >= 11 is 0. The molecule has 0 aliphatic rings. The van der Waals surface area contributed by atoms with Crippen LogP contribution in [-0.4, -0.2) is 69.4 Å². The summed E-state index contributed by atoms with van der Waals surface area (Å²) in [5, 5.41) is 3.05. The number of ether oxygens (including phenoxy) is 1. The van der Waals surface area contributed by atoms with Gasteiger partial charge in [0.15, 0.2) is 0 Å². The van der Waals surface area contributed by atoms with Gasteiger partial charge in [0.2, 0.25) is 5.91 Å². The number of nitrogens with one attached hydrogen (secondary N) is 1. The Morgan fingerprint density at radius 2 is 0.718 bits per heavy atom. The Morgan fingerprint density at radius 3 is 1.09 bits per heavy atom. The lowest BCUT2D eigenvalue weighted by Gasteiger charge is -2.30. The van der Waals surface area contributed by atoms with Crippen molar-refractivity contribution >= 4 is 19.7 Å². The van der Waals surface area contributed by atoms with Gasteiger partial charge in [0.05, 0.1) is 33.8 Å². The number of quaternary nitrogens is 1. The molecule has 0 aliphatic heterocycles. The SMILES string of the molecule is CCCCC/C=C\C/C=C\C/C=C\CCCCCCCCCCC(=O)OC(/C=C/CCCCCCCCCCC)C(COP(=O)([O-])OCC[N+](C)(C)C)NC(=O)CCCCCCCCCCCCCCCCCCCCCCCCCCCCC. The summed E-state index contributed by atoms with van der Waals surface area (Å²) in [7, 11) is 1.19. The van der Waals surface area contributed by atoms with Crippen LogP contribution in [0.15, 0.2) is 48.6 Å². The van der Waals surface area contributed by atoms with Crippen LogP contribution in [0.3, 0.4) is 0 Å². The lowest BCUT2D eigenvalue weighted by molar-refractivity contribution is -0.870. The molecule has 0 fully saturated rings. The molecular formula is C75H143N2O7P. The number of rotatable bonds is 68. The molecular weight excluding hydrogens is 1070 g/mol. The average Bonchev–Trinajstić information content (AvgIpc) is 3.63. The highest BCUT2D eigenvalue weighted by Crippen LogP contribution is 2.38. The van der Waals surface area contributed by atoms with Gasteiger partial charge in [-0.3, -0.25) is 14.2 Å². The molecule has 0 heterocycles. The third kappa shape index (κ3) is 66.2. The van der Waals surface area contributed by atoms with Crippen molar-refractivity contribution in [2.75, 3.05) is 40.9 Å². The van der Waals surface area contributed by atoms with E-state index in [2.05, 4.69) is 62.5 Å². The van der Waals surface area contributed by atoms with E-state index in [0.717, 1.165) is 83.5 Å². The minimum Gasteiger partial charge on any atom is -0.756 e. The van der Waals surface area contributed by atoms with E-state index in [9.17, 15) is 19.0 Å². The maximum Gasteiger partial charge on any atom is 0.306 e. The Bertz CT molecular complexity index is 1590. The van der Waals surface area contributed by atoms with Crippen molar-refractivity contribution in [3.63, 3.8) is 0 Å². The molecule has 0 aromatic rings.